The van der Waals surface area contributed by atoms with Gasteiger partial charge in [-0.25, -0.2) is 4.39 Å². The zero-order valence-corrected chi connectivity index (χ0v) is 11.0. The predicted octanol–water partition coefficient (Wildman–Crippen LogP) is 1.39. The van der Waals surface area contributed by atoms with E-state index in [1.807, 2.05) is 6.07 Å². The number of rotatable bonds is 6. The smallest absolute Gasteiger partial charge is 0.218 e. The first kappa shape index (κ1) is 13.8. The van der Waals surface area contributed by atoms with Crippen LogP contribution in [0.3, 0.4) is 0 Å². The zero-order valence-electron chi connectivity index (χ0n) is 11.0. The van der Waals surface area contributed by atoms with E-state index in [2.05, 4.69) is 10.2 Å². The molecule has 5 heteroatoms. The van der Waals surface area contributed by atoms with Gasteiger partial charge in [0.05, 0.1) is 0 Å². The maximum Gasteiger partial charge on any atom is 0.218 e. The van der Waals surface area contributed by atoms with E-state index in [4.69, 9.17) is 5.73 Å². The molecular weight excluding hydrogens is 245 g/mol. The number of carbonyl (C=O) groups is 1. The van der Waals surface area contributed by atoms with E-state index in [9.17, 15) is 9.18 Å². The van der Waals surface area contributed by atoms with Crippen LogP contribution < -0.4 is 16.0 Å². The summed E-state index contributed by atoms with van der Waals surface area (Å²) in [5, 5.41) is 3.07. The molecule has 0 unspecified atom stereocenters. The molecule has 1 amide bonds. The average molecular weight is 265 g/mol. The minimum Gasteiger partial charge on any atom is -0.371 e. The highest BCUT2D eigenvalue weighted by Gasteiger charge is 2.17. The maximum absolute atomic E-state index is 13.9. The second kappa shape index (κ2) is 6.52. The van der Waals surface area contributed by atoms with Gasteiger partial charge in [0.2, 0.25) is 5.91 Å². The van der Waals surface area contributed by atoms with Crippen LogP contribution in [0.25, 0.3) is 0 Å². The minimum absolute atomic E-state index is 0.198. The molecule has 0 saturated carbocycles. The van der Waals surface area contributed by atoms with Gasteiger partial charge in [0.15, 0.2) is 0 Å². The van der Waals surface area contributed by atoms with Crippen molar-refractivity contribution in [2.24, 2.45) is 5.73 Å². The molecule has 0 aliphatic carbocycles. The lowest BCUT2D eigenvalue weighted by molar-refractivity contribution is -0.117. The SMILES string of the molecule is NC(=O)CCNCc1c(F)cccc1N1CCCC1. The molecule has 2 rings (SSSR count). The van der Waals surface area contributed by atoms with E-state index in [0.29, 0.717) is 18.7 Å². The Morgan fingerprint density at radius 1 is 1.37 bits per heavy atom. The Bertz CT molecular complexity index is 444. The maximum atomic E-state index is 13.9. The van der Waals surface area contributed by atoms with Gasteiger partial charge in [-0.2, -0.15) is 0 Å². The van der Waals surface area contributed by atoms with Crippen molar-refractivity contribution in [2.75, 3.05) is 24.5 Å². The summed E-state index contributed by atoms with van der Waals surface area (Å²) in [4.78, 5) is 12.9. The summed E-state index contributed by atoms with van der Waals surface area (Å²) in [5.74, 6) is -0.545. The highest BCUT2D eigenvalue weighted by molar-refractivity contribution is 5.73. The average Bonchev–Trinajstić information content (AvgIpc) is 2.89. The van der Waals surface area contributed by atoms with Gasteiger partial charge in [-0.15, -0.1) is 0 Å². The Morgan fingerprint density at radius 3 is 2.79 bits per heavy atom. The van der Waals surface area contributed by atoms with Gasteiger partial charge in [-0.3, -0.25) is 4.79 Å². The third-order valence-electron chi connectivity index (χ3n) is 3.39. The molecule has 1 aromatic rings. The van der Waals surface area contributed by atoms with E-state index in [0.717, 1.165) is 31.6 Å². The molecule has 3 N–H and O–H groups in total. The first-order valence-corrected chi connectivity index (χ1v) is 6.70. The summed E-state index contributed by atoms with van der Waals surface area (Å²) < 4.78 is 13.9. The topological polar surface area (TPSA) is 58.4 Å². The molecule has 104 valence electrons. The second-order valence-corrected chi connectivity index (χ2v) is 4.82. The number of anilines is 1. The van der Waals surface area contributed by atoms with Crippen molar-refractivity contribution in [3.63, 3.8) is 0 Å². The van der Waals surface area contributed by atoms with E-state index >= 15 is 0 Å². The fourth-order valence-corrected chi connectivity index (χ4v) is 2.40. The minimum atomic E-state index is -0.346. The fourth-order valence-electron chi connectivity index (χ4n) is 2.40. The van der Waals surface area contributed by atoms with Crippen LogP contribution in [0, 0.1) is 5.82 Å². The highest BCUT2D eigenvalue weighted by Crippen LogP contribution is 2.26. The third kappa shape index (κ3) is 3.67. The van der Waals surface area contributed by atoms with Gasteiger partial charge in [-0.1, -0.05) is 6.07 Å². The lowest BCUT2D eigenvalue weighted by Gasteiger charge is -2.22. The quantitative estimate of drug-likeness (QED) is 0.764. The van der Waals surface area contributed by atoms with Crippen LogP contribution in [0.5, 0.6) is 0 Å². The van der Waals surface area contributed by atoms with Gasteiger partial charge in [0.1, 0.15) is 5.82 Å². The summed E-state index contributed by atoms with van der Waals surface area (Å²) in [6.07, 6.45) is 2.59. The molecule has 1 saturated heterocycles. The second-order valence-electron chi connectivity index (χ2n) is 4.82. The molecule has 0 atom stereocenters. The van der Waals surface area contributed by atoms with E-state index in [-0.39, 0.29) is 18.1 Å². The summed E-state index contributed by atoms with van der Waals surface area (Å²) in [6, 6.07) is 5.18. The van der Waals surface area contributed by atoms with Crippen molar-refractivity contribution in [3.8, 4) is 0 Å². The Morgan fingerprint density at radius 2 is 2.11 bits per heavy atom. The lowest BCUT2D eigenvalue weighted by Crippen LogP contribution is -2.25. The van der Waals surface area contributed by atoms with Crippen molar-refractivity contribution in [3.05, 3.63) is 29.6 Å². The number of hydrogen-bond acceptors (Lipinski definition) is 3. The van der Waals surface area contributed by atoms with E-state index in [1.54, 1.807) is 6.07 Å². The Labute approximate surface area is 112 Å². The third-order valence-corrected chi connectivity index (χ3v) is 3.39. The molecule has 1 heterocycles. The number of amides is 1. The first-order chi connectivity index (χ1) is 9.18. The molecule has 0 aromatic heterocycles. The van der Waals surface area contributed by atoms with Crippen LogP contribution in [-0.4, -0.2) is 25.5 Å². The Balaban J connectivity index is 2.02. The first-order valence-electron chi connectivity index (χ1n) is 6.70. The van der Waals surface area contributed by atoms with Crippen LogP contribution in [0.2, 0.25) is 0 Å². The molecule has 1 aromatic carbocycles. The number of nitrogens with two attached hydrogens (primary N) is 1. The molecular formula is C14H20FN3O. The van der Waals surface area contributed by atoms with Crippen molar-refractivity contribution in [2.45, 2.75) is 25.8 Å². The number of primary amides is 1. The number of halogens is 1. The molecule has 19 heavy (non-hydrogen) atoms. The van der Waals surface area contributed by atoms with E-state index < -0.39 is 0 Å². The molecule has 0 bridgehead atoms. The number of carbonyl (C=O) groups excluding carboxylic acids is 1. The standard InChI is InChI=1S/C14H20FN3O/c15-12-4-3-5-13(18-8-1-2-9-18)11(12)10-17-7-6-14(16)19/h3-5,17H,1-2,6-10H2,(H2,16,19). The summed E-state index contributed by atoms with van der Waals surface area (Å²) in [6.45, 7) is 2.87. The van der Waals surface area contributed by atoms with Crippen LogP contribution in [0.4, 0.5) is 10.1 Å². The van der Waals surface area contributed by atoms with Crippen molar-refractivity contribution >= 4 is 11.6 Å². The number of nitrogens with one attached hydrogen (secondary N) is 1. The zero-order chi connectivity index (χ0) is 13.7. The summed E-state index contributed by atoms with van der Waals surface area (Å²) in [5.41, 5.74) is 6.71. The Kier molecular flexibility index (Phi) is 4.74. The molecule has 0 spiro atoms. The van der Waals surface area contributed by atoms with Crippen LogP contribution in [0.15, 0.2) is 18.2 Å². The summed E-state index contributed by atoms with van der Waals surface area (Å²) in [7, 11) is 0. The lowest BCUT2D eigenvalue weighted by atomic mass is 10.1. The van der Waals surface area contributed by atoms with Crippen molar-refractivity contribution < 1.29 is 9.18 Å². The summed E-state index contributed by atoms with van der Waals surface area (Å²) >= 11 is 0. The van der Waals surface area contributed by atoms with Crippen molar-refractivity contribution in [1.29, 1.82) is 0 Å². The monoisotopic (exact) mass is 265 g/mol. The molecule has 0 radical (unpaired) electrons. The predicted molar refractivity (Wildman–Crippen MR) is 73.4 cm³/mol. The van der Waals surface area contributed by atoms with Crippen molar-refractivity contribution in [1.82, 2.24) is 5.32 Å². The Hall–Kier alpha value is -1.62. The van der Waals surface area contributed by atoms with Crippen LogP contribution in [0.1, 0.15) is 24.8 Å². The van der Waals surface area contributed by atoms with Gasteiger partial charge < -0.3 is 16.0 Å². The van der Waals surface area contributed by atoms with Crippen LogP contribution >= 0.6 is 0 Å². The highest BCUT2D eigenvalue weighted by atomic mass is 19.1. The van der Waals surface area contributed by atoms with Gasteiger partial charge in [-0.05, 0) is 25.0 Å². The molecule has 4 nitrogen and oxygen atoms in total. The molecule has 1 aliphatic rings. The van der Waals surface area contributed by atoms with Crippen LogP contribution in [-0.2, 0) is 11.3 Å². The largest absolute Gasteiger partial charge is 0.371 e. The normalized spacial score (nSPS) is 14.9. The van der Waals surface area contributed by atoms with Gasteiger partial charge in [0.25, 0.3) is 0 Å². The molecule has 1 fully saturated rings. The van der Waals surface area contributed by atoms with Gasteiger partial charge in [0, 0.05) is 43.9 Å². The number of benzene rings is 1. The number of nitrogens with zero attached hydrogens (tertiary/aromatic N) is 1. The van der Waals surface area contributed by atoms with Gasteiger partial charge >= 0.3 is 0 Å². The molecule has 1 aliphatic heterocycles. The fraction of sp³-hybridized carbons (Fsp3) is 0.500. The van der Waals surface area contributed by atoms with E-state index in [1.165, 1.54) is 6.07 Å². The number of hydrogen-bond donors (Lipinski definition) is 2.